The van der Waals surface area contributed by atoms with Crippen LogP contribution >= 0.6 is 12.4 Å². The molecule has 1 fully saturated rings. The standard InChI is InChI=1S/C14H18N2O3.ClH/c1-18-12-9-11(15-10-13(12)19-2)5-6-14(17)16-7-3-4-8-16;/h5-6,9-10H,3-4,7-8H2,1-2H3;1H/b6-5+;. The van der Waals surface area contributed by atoms with E-state index in [2.05, 4.69) is 4.98 Å². The maximum absolute atomic E-state index is 11.9. The van der Waals surface area contributed by atoms with Crippen molar-refractivity contribution in [3.8, 4) is 11.5 Å². The zero-order valence-electron chi connectivity index (χ0n) is 11.7. The molecule has 1 saturated heterocycles. The molecular weight excluding hydrogens is 280 g/mol. The first-order valence-corrected chi connectivity index (χ1v) is 6.29. The van der Waals surface area contributed by atoms with E-state index >= 15 is 0 Å². The lowest BCUT2D eigenvalue weighted by Crippen LogP contribution is -2.25. The van der Waals surface area contributed by atoms with Crippen molar-refractivity contribution in [2.24, 2.45) is 0 Å². The van der Waals surface area contributed by atoms with Crippen molar-refractivity contribution in [3.05, 3.63) is 24.0 Å². The lowest BCUT2D eigenvalue weighted by atomic mass is 10.3. The fourth-order valence-corrected chi connectivity index (χ4v) is 2.04. The smallest absolute Gasteiger partial charge is 0.246 e. The Labute approximate surface area is 125 Å². The van der Waals surface area contributed by atoms with E-state index in [9.17, 15) is 4.79 Å². The lowest BCUT2D eigenvalue weighted by molar-refractivity contribution is -0.124. The number of hydrogen-bond acceptors (Lipinski definition) is 4. The van der Waals surface area contributed by atoms with Crippen molar-refractivity contribution in [3.63, 3.8) is 0 Å². The van der Waals surface area contributed by atoms with Gasteiger partial charge in [0, 0.05) is 25.2 Å². The van der Waals surface area contributed by atoms with Crippen LogP contribution in [0.25, 0.3) is 6.08 Å². The molecule has 1 aliphatic rings. The zero-order valence-corrected chi connectivity index (χ0v) is 12.5. The number of aromatic nitrogens is 1. The quantitative estimate of drug-likeness (QED) is 0.799. The van der Waals surface area contributed by atoms with Crippen molar-refractivity contribution in [1.82, 2.24) is 9.88 Å². The second kappa shape index (κ2) is 7.75. The number of nitrogens with zero attached hydrogens (tertiary/aromatic N) is 2. The molecule has 1 amide bonds. The summed E-state index contributed by atoms with van der Waals surface area (Å²) >= 11 is 0. The number of carbonyl (C=O) groups is 1. The van der Waals surface area contributed by atoms with E-state index in [1.807, 2.05) is 4.90 Å². The Hall–Kier alpha value is -1.75. The Morgan fingerprint density at radius 2 is 1.90 bits per heavy atom. The molecule has 5 nitrogen and oxygen atoms in total. The molecule has 0 unspecified atom stereocenters. The van der Waals surface area contributed by atoms with Gasteiger partial charge in [0.15, 0.2) is 11.5 Å². The molecule has 0 aromatic carbocycles. The van der Waals surface area contributed by atoms with Gasteiger partial charge in [-0.2, -0.15) is 0 Å². The van der Waals surface area contributed by atoms with Gasteiger partial charge >= 0.3 is 0 Å². The molecule has 0 spiro atoms. The summed E-state index contributed by atoms with van der Waals surface area (Å²) in [5.41, 5.74) is 0.671. The first kappa shape index (κ1) is 16.3. The van der Waals surface area contributed by atoms with Crippen LogP contribution in [0.4, 0.5) is 0 Å². The highest BCUT2D eigenvalue weighted by atomic mass is 35.5. The minimum absolute atomic E-state index is 0. The second-order valence-corrected chi connectivity index (χ2v) is 4.33. The third-order valence-electron chi connectivity index (χ3n) is 3.11. The van der Waals surface area contributed by atoms with Gasteiger partial charge < -0.3 is 14.4 Å². The molecule has 6 heteroatoms. The molecule has 2 heterocycles. The minimum Gasteiger partial charge on any atom is -0.493 e. The lowest BCUT2D eigenvalue weighted by Gasteiger charge is -2.11. The molecule has 1 aliphatic heterocycles. The minimum atomic E-state index is 0. The zero-order chi connectivity index (χ0) is 13.7. The van der Waals surface area contributed by atoms with Crippen molar-refractivity contribution in [1.29, 1.82) is 0 Å². The van der Waals surface area contributed by atoms with Crippen LogP contribution in [0.1, 0.15) is 18.5 Å². The molecule has 0 aliphatic carbocycles. The Balaban J connectivity index is 0.00000200. The summed E-state index contributed by atoms with van der Waals surface area (Å²) in [5.74, 6) is 1.21. The van der Waals surface area contributed by atoms with Gasteiger partial charge in [-0.25, -0.2) is 0 Å². The SMILES string of the molecule is COc1cnc(/C=C/C(=O)N2CCCC2)cc1OC.Cl. The largest absolute Gasteiger partial charge is 0.493 e. The molecule has 1 aromatic rings. The third-order valence-corrected chi connectivity index (χ3v) is 3.11. The summed E-state index contributed by atoms with van der Waals surface area (Å²) in [4.78, 5) is 17.9. The highest BCUT2D eigenvalue weighted by molar-refractivity contribution is 5.91. The molecule has 1 aromatic heterocycles. The Kier molecular flexibility index (Phi) is 6.31. The normalized spacial score (nSPS) is 14.2. The van der Waals surface area contributed by atoms with E-state index < -0.39 is 0 Å². The van der Waals surface area contributed by atoms with Crippen LogP contribution < -0.4 is 9.47 Å². The van der Waals surface area contributed by atoms with E-state index in [1.54, 1.807) is 38.6 Å². The molecular formula is C14H19ClN2O3. The van der Waals surface area contributed by atoms with Crippen LogP contribution in [-0.4, -0.2) is 43.1 Å². The average molecular weight is 299 g/mol. The summed E-state index contributed by atoms with van der Waals surface area (Å²) in [5, 5.41) is 0. The van der Waals surface area contributed by atoms with Crippen molar-refractivity contribution < 1.29 is 14.3 Å². The van der Waals surface area contributed by atoms with Crippen LogP contribution in [0.5, 0.6) is 11.5 Å². The van der Waals surface area contributed by atoms with Gasteiger partial charge in [-0.05, 0) is 18.9 Å². The predicted octanol–water partition coefficient (Wildman–Crippen LogP) is 2.16. The third kappa shape index (κ3) is 3.87. The van der Waals surface area contributed by atoms with E-state index in [-0.39, 0.29) is 18.3 Å². The predicted molar refractivity (Wildman–Crippen MR) is 79.4 cm³/mol. The van der Waals surface area contributed by atoms with Gasteiger partial charge in [0.1, 0.15) is 0 Å². The summed E-state index contributed by atoms with van der Waals surface area (Å²) in [7, 11) is 3.13. The highest BCUT2D eigenvalue weighted by Crippen LogP contribution is 2.26. The molecule has 0 radical (unpaired) electrons. The Bertz CT molecular complexity index is 485. The number of ether oxygens (including phenoxy) is 2. The fraction of sp³-hybridized carbons (Fsp3) is 0.429. The van der Waals surface area contributed by atoms with Crippen LogP contribution in [0.15, 0.2) is 18.3 Å². The topological polar surface area (TPSA) is 51.7 Å². The second-order valence-electron chi connectivity index (χ2n) is 4.33. The van der Waals surface area contributed by atoms with E-state index in [1.165, 1.54) is 0 Å². The van der Waals surface area contributed by atoms with Gasteiger partial charge in [-0.1, -0.05) is 0 Å². The maximum Gasteiger partial charge on any atom is 0.246 e. The van der Waals surface area contributed by atoms with Crippen LogP contribution in [0.2, 0.25) is 0 Å². The van der Waals surface area contributed by atoms with Crippen LogP contribution in [-0.2, 0) is 4.79 Å². The van der Waals surface area contributed by atoms with Gasteiger partial charge in [-0.3, -0.25) is 9.78 Å². The van der Waals surface area contributed by atoms with Crippen molar-refractivity contribution in [2.75, 3.05) is 27.3 Å². The summed E-state index contributed by atoms with van der Waals surface area (Å²) in [6.07, 6.45) is 7.02. The summed E-state index contributed by atoms with van der Waals surface area (Å²) < 4.78 is 10.3. The number of methoxy groups -OCH3 is 2. The highest BCUT2D eigenvalue weighted by Gasteiger charge is 2.15. The van der Waals surface area contributed by atoms with Gasteiger partial charge in [0.05, 0.1) is 26.1 Å². The number of carbonyl (C=O) groups excluding carboxylic acids is 1. The van der Waals surface area contributed by atoms with E-state index in [4.69, 9.17) is 9.47 Å². The average Bonchev–Trinajstić information content (AvgIpc) is 2.98. The monoisotopic (exact) mass is 298 g/mol. The Morgan fingerprint density at radius 3 is 2.50 bits per heavy atom. The van der Waals surface area contributed by atoms with E-state index in [0.717, 1.165) is 25.9 Å². The molecule has 0 atom stereocenters. The van der Waals surface area contributed by atoms with Crippen molar-refractivity contribution >= 4 is 24.4 Å². The summed E-state index contributed by atoms with van der Waals surface area (Å²) in [6, 6.07) is 1.74. The molecule has 0 N–H and O–H groups in total. The first-order chi connectivity index (χ1) is 9.24. The van der Waals surface area contributed by atoms with E-state index in [0.29, 0.717) is 17.2 Å². The Morgan fingerprint density at radius 1 is 1.25 bits per heavy atom. The molecule has 0 saturated carbocycles. The van der Waals surface area contributed by atoms with Gasteiger partial charge in [0.25, 0.3) is 0 Å². The number of amides is 1. The molecule has 0 bridgehead atoms. The molecule has 20 heavy (non-hydrogen) atoms. The van der Waals surface area contributed by atoms with Gasteiger partial charge in [0.2, 0.25) is 5.91 Å². The van der Waals surface area contributed by atoms with Gasteiger partial charge in [-0.15, -0.1) is 12.4 Å². The van der Waals surface area contributed by atoms with Crippen molar-refractivity contribution in [2.45, 2.75) is 12.8 Å². The molecule has 110 valence electrons. The number of pyridine rings is 1. The number of rotatable bonds is 4. The first-order valence-electron chi connectivity index (χ1n) is 6.29. The van der Waals surface area contributed by atoms with Crippen LogP contribution in [0, 0.1) is 0 Å². The van der Waals surface area contributed by atoms with Crippen LogP contribution in [0.3, 0.4) is 0 Å². The number of halogens is 1. The molecule has 2 rings (SSSR count). The number of likely N-dealkylation sites (tertiary alicyclic amines) is 1. The maximum atomic E-state index is 11.9. The number of hydrogen-bond donors (Lipinski definition) is 0. The summed E-state index contributed by atoms with van der Waals surface area (Å²) in [6.45, 7) is 1.70. The fourth-order valence-electron chi connectivity index (χ4n) is 2.04.